The van der Waals surface area contributed by atoms with Gasteiger partial charge in [0.25, 0.3) is 0 Å². The zero-order chi connectivity index (χ0) is 33.4. The average Bonchev–Trinajstić information content (AvgIpc) is 2.87. The smallest absolute Gasteiger partial charge is 1.00 e. The van der Waals surface area contributed by atoms with Crippen molar-refractivity contribution in [1.29, 1.82) is 0 Å². The molecule has 254 valence electrons. The predicted octanol–water partition coefficient (Wildman–Crippen LogP) is 6.13. The van der Waals surface area contributed by atoms with E-state index in [2.05, 4.69) is 75.7 Å². The van der Waals surface area contributed by atoms with Crippen LogP contribution in [-0.4, -0.2) is 63.7 Å². The van der Waals surface area contributed by atoms with E-state index in [-0.39, 0.29) is 53.6 Å². The van der Waals surface area contributed by atoms with Crippen molar-refractivity contribution >= 4 is 41.3 Å². The minimum atomic E-state index is -0.891. The molecule has 0 amide bonds. The molecule has 0 fully saturated rings. The molecule has 0 saturated carbocycles. The number of carboxylic acids is 1. The molecule has 0 aromatic carbocycles. The molecular formula is C35H69ClMgO6. The topological polar surface area (TPSA) is 101 Å². The van der Waals surface area contributed by atoms with Gasteiger partial charge in [-0.15, -0.1) is 0 Å². The zero-order valence-electron chi connectivity index (χ0n) is 30.4. The van der Waals surface area contributed by atoms with Crippen LogP contribution in [0.1, 0.15) is 135 Å². The van der Waals surface area contributed by atoms with Crippen molar-refractivity contribution in [2.24, 2.45) is 29.6 Å². The number of carboxylic acid groups (broad SMARTS) is 1. The summed E-state index contributed by atoms with van der Waals surface area (Å²) in [5.41, 5.74) is 0. The Morgan fingerprint density at radius 2 is 1.21 bits per heavy atom. The number of carbonyl (C=O) groups is 3. The summed E-state index contributed by atoms with van der Waals surface area (Å²) in [4.78, 5) is 30.5. The van der Waals surface area contributed by atoms with Crippen LogP contribution in [0.25, 0.3) is 0 Å². The summed E-state index contributed by atoms with van der Waals surface area (Å²) in [7, 11) is 0. The first kappa shape index (κ1) is 57.7. The standard InChI is InChI=1S/C13H24O2.C9H20O.C5H10O.C4H6O2.C4H9.ClH.Mg/c1-6-8-13(14)15-12(9-10(3)4)11(5)7-2;1-5-8(4)9(10)6-7(2)3;1-5(2)3-4-6;1-2-3-4(5)6;1-3-4-2;;/h6,8,10-12H,7,9H2,1-5H3;7-10H,5-6H2,1-4H3;4-5H,3H2,1-2H3;2-3H,1H3,(H,5,6);3H,4H2,1-2H3;1H;/q;;;;-1;;+2/p-1/b8-6+;;;3-2+;;;. The Hall–Kier alpha value is -0.894. The van der Waals surface area contributed by atoms with Crippen LogP contribution in [0.2, 0.25) is 0 Å². The second-order valence-corrected chi connectivity index (χ2v) is 11.5. The summed E-state index contributed by atoms with van der Waals surface area (Å²) in [5, 5.41) is 17.3. The predicted molar refractivity (Wildman–Crippen MR) is 183 cm³/mol. The second-order valence-electron chi connectivity index (χ2n) is 11.5. The summed E-state index contributed by atoms with van der Waals surface area (Å²) in [6.07, 6.45) is 14.7. The van der Waals surface area contributed by atoms with Crippen molar-refractivity contribution in [3.8, 4) is 0 Å². The number of aldehydes is 1. The van der Waals surface area contributed by atoms with Gasteiger partial charge in [-0.25, -0.2) is 9.59 Å². The molecular weight excluding hydrogens is 576 g/mol. The normalized spacial score (nSPS) is 12.8. The Kier molecular flexibility index (Phi) is 58.0. The Bertz CT molecular complexity index is 634. The fraction of sp³-hybridized carbons (Fsp3) is 0.771. The van der Waals surface area contributed by atoms with Crippen molar-refractivity contribution in [2.75, 3.05) is 0 Å². The maximum Gasteiger partial charge on any atom is 2.00 e. The number of unbranched alkanes of at least 4 members (excludes halogenated alkanes) is 1. The number of aliphatic carboxylic acids is 1. The maximum absolute atomic E-state index is 11.3. The number of aliphatic hydroxyl groups is 1. The molecule has 0 aromatic heterocycles. The van der Waals surface area contributed by atoms with E-state index in [1.54, 1.807) is 13.0 Å². The number of aliphatic hydroxyl groups excluding tert-OH is 1. The van der Waals surface area contributed by atoms with Crippen molar-refractivity contribution in [3.63, 3.8) is 0 Å². The van der Waals surface area contributed by atoms with Gasteiger partial charge in [-0.3, -0.25) is 0 Å². The van der Waals surface area contributed by atoms with E-state index in [9.17, 15) is 19.5 Å². The number of allylic oxidation sites excluding steroid dienone is 2. The van der Waals surface area contributed by atoms with Crippen molar-refractivity contribution in [3.05, 3.63) is 30.7 Å². The molecule has 0 aliphatic heterocycles. The average molecular weight is 646 g/mol. The first-order valence-electron chi connectivity index (χ1n) is 15.6. The first-order chi connectivity index (χ1) is 19.0. The molecule has 0 saturated heterocycles. The molecule has 4 unspecified atom stereocenters. The van der Waals surface area contributed by atoms with Crippen molar-refractivity contribution in [1.82, 2.24) is 0 Å². The molecule has 0 heterocycles. The molecule has 0 radical (unpaired) electrons. The minimum absolute atomic E-state index is 0. The molecule has 0 aliphatic carbocycles. The quantitative estimate of drug-likeness (QED) is 0.0776. The Morgan fingerprint density at radius 3 is 1.42 bits per heavy atom. The molecule has 0 spiro atoms. The van der Waals surface area contributed by atoms with Gasteiger partial charge in [0.05, 0.1) is 6.10 Å². The zero-order valence-corrected chi connectivity index (χ0v) is 32.5. The summed E-state index contributed by atoms with van der Waals surface area (Å²) in [6, 6.07) is 0. The second kappa shape index (κ2) is 43.2. The Morgan fingerprint density at radius 1 is 0.791 bits per heavy atom. The van der Waals surface area contributed by atoms with Gasteiger partial charge in [-0.1, -0.05) is 101 Å². The van der Waals surface area contributed by atoms with Crippen LogP contribution in [0.4, 0.5) is 0 Å². The van der Waals surface area contributed by atoms with E-state index < -0.39 is 5.97 Å². The van der Waals surface area contributed by atoms with E-state index >= 15 is 0 Å². The maximum atomic E-state index is 11.3. The monoisotopic (exact) mass is 644 g/mol. The minimum Gasteiger partial charge on any atom is -1.00 e. The fourth-order valence-corrected chi connectivity index (χ4v) is 2.77. The van der Waals surface area contributed by atoms with Crippen LogP contribution in [0, 0.1) is 36.0 Å². The Labute approximate surface area is 289 Å². The van der Waals surface area contributed by atoms with Crippen molar-refractivity contribution in [2.45, 2.75) is 148 Å². The van der Waals surface area contributed by atoms with Gasteiger partial charge >= 0.3 is 35.0 Å². The molecule has 8 heteroatoms. The van der Waals surface area contributed by atoms with Gasteiger partial charge in [0.1, 0.15) is 12.4 Å². The SMILES string of the molecule is C/C=C/C(=O)O.C/C=C/C(=O)OC(CC(C)C)C(C)CC.CC(C)CC=O.CCC(C)C(O)CC(C)C.C[CH-]CC.[Cl-].[Mg+2]. The fourth-order valence-electron chi connectivity index (χ4n) is 2.77. The molecule has 0 rings (SSSR count). The summed E-state index contributed by atoms with van der Waals surface area (Å²) in [5.74, 6) is 1.49. The third-order valence-electron chi connectivity index (χ3n) is 5.85. The van der Waals surface area contributed by atoms with Crippen LogP contribution in [0.5, 0.6) is 0 Å². The molecule has 0 aliphatic rings. The largest absolute Gasteiger partial charge is 2.00 e. The van der Waals surface area contributed by atoms with E-state index in [1.807, 2.05) is 20.8 Å². The summed E-state index contributed by atoms with van der Waals surface area (Å²) in [6.45, 7) is 28.8. The van der Waals surface area contributed by atoms with Crippen LogP contribution in [0.15, 0.2) is 24.3 Å². The first-order valence-corrected chi connectivity index (χ1v) is 15.6. The van der Waals surface area contributed by atoms with E-state index in [0.29, 0.717) is 36.0 Å². The number of hydrogen-bond acceptors (Lipinski definition) is 5. The number of esters is 1. The van der Waals surface area contributed by atoms with Gasteiger partial charge in [-0.2, -0.15) is 13.3 Å². The Balaban J connectivity index is -0.0000000806. The third-order valence-corrected chi connectivity index (χ3v) is 5.85. The van der Waals surface area contributed by atoms with E-state index in [1.165, 1.54) is 18.6 Å². The number of hydrogen-bond donors (Lipinski definition) is 2. The third kappa shape index (κ3) is 57.4. The molecule has 0 aromatic rings. The molecule has 2 N–H and O–H groups in total. The number of rotatable bonds is 14. The van der Waals surface area contributed by atoms with Crippen LogP contribution in [0.3, 0.4) is 0 Å². The number of ether oxygens (including phenoxy) is 1. The number of halogens is 1. The van der Waals surface area contributed by atoms with E-state index in [0.717, 1.165) is 38.0 Å². The van der Waals surface area contributed by atoms with Crippen LogP contribution in [-0.2, 0) is 19.1 Å². The van der Waals surface area contributed by atoms with Crippen LogP contribution < -0.4 is 12.4 Å². The summed E-state index contributed by atoms with van der Waals surface area (Å²) < 4.78 is 5.43. The van der Waals surface area contributed by atoms with Gasteiger partial charge in [0.2, 0.25) is 0 Å². The number of carbonyl (C=O) groups excluding carboxylic acids is 2. The summed E-state index contributed by atoms with van der Waals surface area (Å²) >= 11 is 0. The van der Waals surface area contributed by atoms with Crippen molar-refractivity contribution < 1.29 is 41.7 Å². The van der Waals surface area contributed by atoms with Gasteiger partial charge < -0.3 is 38.6 Å². The van der Waals surface area contributed by atoms with Gasteiger partial charge in [0.15, 0.2) is 0 Å². The van der Waals surface area contributed by atoms with E-state index in [4.69, 9.17) is 9.84 Å². The van der Waals surface area contributed by atoms with Crippen LogP contribution >= 0.6 is 0 Å². The molecule has 0 bridgehead atoms. The van der Waals surface area contributed by atoms with Gasteiger partial charge in [0, 0.05) is 18.6 Å². The molecule has 4 atom stereocenters. The van der Waals surface area contributed by atoms with Gasteiger partial charge in [-0.05, 0) is 56.3 Å². The molecule has 43 heavy (non-hydrogen) atoms. The molecule has 6 nitrogen and oxygen atoms in total.